The Hall–Kier alpha value is -0.960. The number of rotatable bonds is 5. The van der Waals surface area contributed by atoms with E-state index >= 15 is 0 Å². The molecule has 3 heteroatoms. The third-order valence-corrected chi connectivity index (χ3v) is 4.79. The first kappa shape index (κ1) is 15.4. The Bertz CT molecular complexity index is 411. The molecule has 1 aliphatic rings. The Morgan fingerprint density at radius 1 is 1.25 bits per heavy atom. The summed E-state index contributed by atoms with van der Waals surface area (Å²) < 4.78 is 14.0. The summed E-state index contributed by atoms with van der Waals surface area (Å²) in [6.45, 7) is 7.59. The van der Waals surface area contributed by atoms with Gasteiger partial charge in [0.2, 0.25) is 0 Å². The molecule has 2 rings (SSSR count). The normalized spacial score (nSPS) is 24.9. The second kappa shape index (κ2) is 7.16. The summed E-state index contributed by atoms with van der Waals surface area (Å²) in [5.41, 5.74) is 0.787. The fraction of sp³-hybridized carbons (Fsp3) is 0.706. The van der Waals surface area contributed by atoms with Crippen molar-refractivity contribution in [3.63, 3.8) is 0 Å². The Labute approximate surface area is 122 Å². The first-order valence-electron chi connectivity index (χ1n) is 7.96. The lowest BCUT2D eigenvalue weighted by Crippen LogP contribution is -2.32. The van der Waals surface area contributed by atoms with E-state index in [0.29, 0.717) is 5.92 Å². The van der Waals surface area contributed by atoms with E-state index in [-0.39, 0.29) is 11.9 Å². The smallest absolute Gasteiger partial charge is 0.146 e. The monoisotopic (exact) mass is 278 g/mol. The van der Waals surface area contributed by atoms with Crippen LogP contribution in [0, 0.1) is 23.6 Å². The maximum Gasteiger partial charge on any atom is 0.146 e. The largest absolute Gasteiger partial charge is 0.310 e. The highest BCUT2D eigenvalue weighted by Crippen LogP contribution is 2.39. The van der Waals surface area contributed by atoms with Gasteiger partial charge in [-0.3, -0.25) is 4.98 Å². The van der Waals surface area contributed by atoms with Crippen LogP contribution in [0.1, 0.15) is 58.1 Å². The summed E-state index contributed by atoms with van der Waals surface area (Å²) >= 11 is 0. The van der Waals surface area contributed by atoms with Crippen molar-refractivity contribution in [2.75, 3.05) is 6.54 Å². The Kier molecular flexibility index (Phi) is 5.53. The fourth-order valence-electron chi connectivity index (χ4n) is 3.53. The summed E-state index contributed by atoms with van der Waals surface area (Å²) in [6, 6.07) is 1.97. The molecule has 0 spiro atoms. The second-order valence-corrected chi connectivity index (χ2v) is 6.35. The van der Waals surface area contributed by atoms with Crippen molar-refractivity contribution < 1.29 is 4.39 Å². The number of hydrogen-bond donors (Lipinski definition) is 1. The summed E-state index contributed by atoms with van der Waals surface area (Å²) in [6.07, 6.45) is 7.97. The van der Waals surface area contributed by atoms with Crippen molar-refractivity contribution in [2.24, 2.45) is 17.8 Å². The topological polar surface area (TPSA) is 24.9 Å². The van der Waals surface area contributed by atoms with E-state index in [9.17, 15) is 4.39 Å². The third-order valence-electron chi connectivity index (χ3n) is 4.79. The molecule has 0 saturated heterocycles. The first-order chi connectivity index (χ1) is 9.63. The van der Waals surface area contributed by atoms with Gasteiger partial charge in [-0.05, 0) is 56.0 Å². The quantitative estimate of drug-likeness (QED) is 0.867. The van der Waals surface area contributed by atoms with Crippen molar-refractivity contribution in [1.29, 1.82) is 0 Å². The van der Waals surface area contributed by atoms with Crippen LogP contribution in [-0.2, 0) is 0 Å². The molecule has 1 aromatic heterocycles. The first-order valence-corrected chi connectivity index (χ1v) is 7.96. The van der Waals surface area contributed by atoms with Crippen LogP contribution in [0.4, 0.5) is 4.39 Å². The average Bonchev–Trinajstić information content (AvgIpc) is 2.46. The number of hydrogen-bond acceptors (Lipinski definition) is 2. The maximum atomic E-state index is 14.0. The molecule has 0 aliphatic heterocycles. The van der Waals surface area contributed by atoms with Crippen molar-refractivity contribution in [2.45, 2.75) is 52.5 Å². The van der Waals surface area contributed by atoms with Gasteiger partial charge in [-0.2, -0.15) is 0 Å². The van der Waals surface area contributed by atoms with Crippen molar-refractivity contribution >= 4 is 0 Å². The van der Waals surface area contributed by atoms with Gasteiger partial charge in [-0.15, -0.1) is 0 Å². The Morgan fingerprint density at radius 3 is 2.45 bits per heavy atom. The van der Waals surface area contributed by atoms with Crippen LogP contribution in [0.2, 0.25) is 0 Å². The van der Waals surface area contributed by atoms with Gasteiger partial charge < -0.3 is 5.32 Å². The molecule has 20 heavy (non-hydrogen) atoms. The molecule has 2 nitrogen and oxygen atoms in total. The highest BCUT2D eigenvalue weighted by atomic mass is 19.1. The zero-order valence-electron chi connectivity index (χ0n) is 12.9. The van der Waals surface area contributed by atoms with Crippen molar-refractivity contribution in [3.05, 3.63) is 29.8 Å². The molecular formula is C17H27FN2. The van der Waals surface area contributed by atoms with E-state index < -0.39 is 0 Å². The average molecular weight is 278 g/mol. The molecule has 1 aromatic rings. The number of halogens is 1. The minimum Gasteiger partial charge on any atom is -0.310 e. The molecule has 0 aromatic carbocycles. The summed E-state index contributed by atoms with van der Waals surface area (Å²) in [5, 5.41) is 3.49. The van der Waals surface area contributed by atoms with Crippen LogP contribution in [0.5, 0.6) is 0 Å². The number of pyridine rings is 1. The van der Waals surface area contributed by atoms with E-state index in [0.717, 1.165) is 23.9 Å². The number of nitrogens with zero attached hydrogens (tertiary/aromatic N) is 1. The maximum absolute atomic E-state index is 14.0. The predicted molar refractivity (Wildman–Crippen MR) is 80.9 cm³/mol. The highest BCUT2D eigenvalue weighted by Gasteiger charge is 2.30. The fourth-order valence-corrected chi connectivity index (χ4v) is 3.53. The van der Waals surface area contributed by atoms with Crippen LogP contribution in [0.3, 0.4) is 0 Å². The standard InChI is InChI=1S/C17H27FN2/c1-4-20-17(15-9-10-19-11-16(15)18)14-7-5-13(6-8-14)12(2)3/h9-14,17,20H,4-8H2,1-3H3. The lowest BCUT2D eigenvalue weighted by molar-refractivity contribution is 0.188. The van der Waals surface area contributed by atoms with Gasteiger partial charge in [0.05, 0.1) is 6.20 Å². The van der Waals surface area contributed by atoms with E-state index in [1.54, 1.807) is 6.20 Å². The third kappa shape index (κ3) is 3.57. The van der Waals surface area contributed by atoms with Gasteiger partial charge in [0.25, 0.3) is 0 Å². The molecule has 0 radical (unpaired) electrons. The minimum atomic E-state index is -0.176. The molecule has 1 fully saturated rings. The molecule has 0 bridgehead atoms. The lowest BCUT2D eigenvalue weighted by Gasteiger charge is -2.36. The molecule has 112 valence electrons. The van der Waals surface area contributed by atoms with Gasteiger partial charge in [-0.1, -0.05) is 20.8 Å². The zero-order valence-corrected chi connectivity index (χ0v) is 12.9. The van der Waals surface area contributed by atoms with Crippen molar-refractivity contribution in [1.82, 2.24) is 10.3 Å². The second-order valence-electron chi connectivity index (χ2n) is 6.35. The molecule has 1 N–H and O–H groups in total. The summed E-state index contributed by atoms with van der Waals surface area (Å²) in [4.78, 5) is 3.87. The molecular weight excluding hydrogens is 251 g/mol. The number of aromatic nitrogens is 1. The van der Waals surface area contributed by atoms with Crippen LogP contribution in [0.15, 0.2) is 18.5 Å². The number of nitrogens with one attached hydrogen (secondary N) is 1. The van der Waals surface area contributed by atoms with E-state index in [1.807, 2.05) is 6.07 Å². The van der Waals surface area contributed by atoms with E-state index in [1.165, 1.54) is 31.9 Å². The molecule has 1 heterocycles. The Balaban J connectivity index is 2.09. The highest BCUT2D eigenvalue weighted by molar-refractivity contribution is 5.18. The zero-order chi connectivity index (χ0) is 14.5. The molecule has 1 atom stereocenters. The lowest BCUT2D eigenvalue weighted by atomic mass is 9.73. The van der Waals surface area contributed by atoms with Gasteiger partial charge in [0.15, 0.2) is 0 Å². The summed E-state index contributed by atoms with van der Waals surface area (Å²) in [5.74, 6) is 1.98. The Morgan fingerprint density at radius 2 is 1.90 bits per heavy atom. The molecule has 1 unspecified atom stereocenters. The molecule has 0 amide bonds. The van der Waals surface area contributed by atoms with E-state index in [2.05, 4.69) is 31.1 Å². The van der Waals surface area contributed by atoms with Crippen LogP contribution < -0.4 is 5.32 Å². The summed E-state index contributed by atoms with van der Waals surface area (Å²) in [7, 11) is 0. The van der Waals surface area contributed by atoms with Crippen LogP contribution in [-0.4, -0.2) is 11.5 Å². The van der Waals surface area contributed by atoms with Gasteiger partial charge >= 0.3 is 0 Å². The molecule has 1 aliphatic carbocycles. The molecule has 1 saturated carbocycles. The van der Waals surface area contributed by atoms with Crippen molar-refractivity contribution in [3.8, 4) is 0 Å². The predicted octanol–water partition coefficient (Wildman–Crippen LogP) is 4.33. The minimum absolute atomic E-state index is 0.135. The van der Waals surface area contributed by atoms with Crippen LogP contribution >= 0.6 is 0 Å². The van der Waals surface area contributed by atoms with Gasteiger partial charge in [-0.25, -0.2) is 4.39 Å². The van der Waals surface area contributed by atoms with Gasteiger partial charge in [0, 0.05) is 17.8 Å². The van der Waals surface area contributed by atoms with Crippen LogP contribution in [0.25, 0.3) is 0 Å². The van der Waals surface area contributed by atoms with E-state index in [4.69, 9.17) is 0 Å². The SMILES string of the molecule is CCNC(c1ccncc1F)C1CCC(C(C)C)CC1. The van der Waals surface area contributed by atoms with Gasteiger partial charge in [0.1, 0.15) is 5.82 Å².